The maximum Gasteiger partial charge on any atom is 0.271 e. The van der Waals surface area contributed by atoms with Crippen molar-refractivity contribution < 1.29 is 19.2 Å². The summed E-state index contributed by atoms with van der Waals surface area (Å²) in [6.45, 7) is 0. The van der Waals surface area contributed by atoms with E-state index in [0.717, 1.165) is 0 Å². The molecule has 0 amide bonds. The molecule has 0 atom stereocenters. The van der Waals surface area contributed by atoms with Crippen LogP contribution >= 0.6 is 11.6 Å². The first kappa shape index (κ1) is 15.8. The third-order valence-electron chi connectivity index (χ3n) is 3.29. The maximum atomic E-state index is 10.8. The van der Waals surface area contributed by atoms with E-state index in [1.54, 1.807) is 24.3 Å². The monoisotopic (exact) mass is 346 g/mol. The van der Waals surface area contributed by atoms with Gasteiger partial charge in [-0.25, -0.2) is 4.98 Å². The second-order valence-corrected chi connectivity index (χ2v) is 5.26. The molecule has 1 aromatic heterocycles. The van der Waals surface area contributed by atoms with Crippen LogP contribution in [0.15, 0.2) is 34.7 Å². The summed E-state index contributed by atoms with van der Waals surface area (Å²) in [5.74, 6) is 0.398. The van der Waals surface area contributed by atoms with Gasteiger partial charge in [0.1, 0.15) is 5.52 Å². The summed E-state index contributed by atoms with van der Waals surface area (Å²) in [5.41, 5.74) is 1.45. The number of halogens is 1. The van der Waals surface area contributed by atoms with Gasteiger partial charge in [-0.05, 0) is 29.8 Å². The average Bonchev–Trinajstić information content (AvgIpc) is 2.97. The van der Waals surface area contributed by atoms with E-state index in [2.05, 4.69) is 4.98 Å². The fraction of sp³-hybridized carbons (Fsp3) is 0.0625. The molecule has 0 fully saturated rings. The summed E-state index contributed by atoms with van der Waals surface area (Å²) < 4.78 is 10.5. The van der Waals surface area contributed by atoms with E-state index >= 15 is 0 Å². The van der Waals surface area contributed by atoms with Crippen LogP contribution in [0.3, 0.4) is 0 Å². The number of hydrogen-bond donors (Lipinski definition) is 1. The predicted molar refractivity (Wildman–Crippen MR) is 89.3 cm³/mol. The highest BCUT2D eigenvalue weighted by atomic mass is 35.5. The molecule has 0 radical (unpaired) electrons. The third-order valence-corrected chi connectivity index (χ3v) is 3.58. The number of ether oxygens (including phenoxy) is 1. The minimum Gasteiger partial charge on any atom is -0.503 e. The number of methoxy groups -OCH3 is 1. The van der Waals surface area contributed by atoms with E-state index < -0.39 is 4.92 Å². The first-order chi connectivity index (χ1) is 11.5. The Balaban J connectivity index is 1.93. The van der Waals surface area contributed by atoms with Crippen molar-refractivity contribution in [3.63, 3.8) is 0 Å². The zero-order valence-electron chi connectivity index (χ0n) is 12.4. The molecule has 0 aliphatic heterocycles. The molecular formula is C16H11ClN2O5. The molecule has 1 N–H and O–H groups in total. The minimum atomic E-state index is -0.492. The fourth-order valence-corrected chi connectivity index (χ4v) is 2.35. The van der Waals surface area contributed by atoms with Gasteiger partial charge in [-0.3, -0.25) is 10.1 Å². The Kier molecular flexibility index (Phi) is 4.09. The summed E-state index contributed by atoms with van der Waals surface area (Å²) in [5, 5.41) is 20.6. The minimum absolute atomic E-state index is 0.0543. The summed E-state index contributed by atoms with van der Waals surface area (Å²) in [6.07, 6.45) is 3.26. The van der Waals surface area contributed by atoms with Crippen molar-refractivity contribution >= 4 is 40.5 Å². The number of fused-ring (bicyclic) bond motifs is 1. The van der Waals surface area contributed by atoms with Gasteiger partial charge in [0.15, 0.2) is 17.1 Å². The molecule has 2 aromatic carbocycles. The van der Waals surface area contributed by atoms with Gasteiger partial charge in [0.05, 0.1) is 17.1 Å². The number of nitro groups is 1. The van der Waals surface area contributed by atoms with Gasteiger partial charge < -0.3 is 14.3 Å². The molecule has 3 aromatic rings. The zero-order valence-corrected chi connectivity index (χ0v) is 13.1. The highest BCUT2D eigenvalue weighted by molar-refractivity contribution is 6.32. The Labute approximate surface area is 140 Å². The second-order valence-electron chi connectivity index (χ2n) is 4.85. The number of nitrogens with zero attached hydrogens (tertiary/aromatic N) is 2. The van der Waals surface area contributed by atoms with Crippen LogP contribution in [0.5, 0.6) is 11.5 Å². The Morgan fingerprint density at radius 2 is 2.12 bits per heavy atom. The Morgan fingerprint density at radius 3 is 2.83 bits per heavy atom. The van der Waals surface area contributed by atoms with Crippen molar-refractivity contribution in [2.75, 3.05) is 7.11 Å². The van der Waals surface area contributed by atoms with Crippen molar-refractivity contribution in [2.45, 2.75) is 0 Å². The van der Waals surface area contributed by atoms with Crippen molar-refractivity contribution in [3.05, 3.63) is 56.9 Å². The van der Waals surface area contributed by atoms with Crippen LogP contribution in [0, 0.1) is 10.1 Å². The molecule has 7 nitrogen and oxygen atoms in total. The SMILES string of the molecule is COc1cc(C=Cc2nc3cc([N+](=O)[O-])ccc3o2)cc(Cl)c1O. The topological polar surface area (TPSA) is 98.6 Å². The maximum absolute atomic E-state index is 10.8. The lowest BCUT2D eigenvalue weighted by molar-refractivity contribution is -0.384. The van der Waals surface area contributed by atoms with E-state index in [1.165, 1.54) is 25.3 Å². The summed E-state index contributed by atoms with van der Waals surface area (Å²) in [7, 11) is 1.42. The summed E-state index contributed by atoms with van der Waals surface area (Å²) in [6, 6.07) is 7.36. The van der Waals surface area contributed by atoms with Crippen molar-refractivity contribution in [3.8, 4) is 11.5 Å². The van der Waals surface area contributed by atoms with Crippen LogP contribution in [-0.4, -0.2) is 22.1 Å². The van der Waals surface area contributed by atoms with E-state index in [0.29, 0.717) is 16.7 Å². The van der Waals surface area contributed by atoms with Crippen LogP contribution in [0.25, 0.3) is 23.3 Å². The molecule has 0 spiro atoms. The largest absolute Gasteiger partial charge is 0.503 e. The second kappa shape index (κ2) is 6.21. The van der Waals surface area contributed by atoms with Gasteiger partial charge in [-0.15, -0.1) is 0 Å². The lowest BCUT2D eigenvalue weighted by Crippen LogP contribution is -1.86. The Bertz CT molecular complexity index is 965. The number of oxazole rings is 1. The first-order valence-corrected chi connectivity index (χ1v) is 7.15. The number of non-ortho nitro benzene ring substituents is 1. The van der Waals surface area contributed by atoms with Crippen LogP contribution in [0.4, 0.5) is 5.69 Å². The molecule has 0 bridgehead atoms. The van der Waals surface area contributed by atoms with Gasteiger partial charge in [0.25, 0.3) is 5.69 Å². The molecule has 0 aliphatic carbocycles. The predicted octanol–water partition coefficient (Wildman–Crippen LogP) is 4.27. The zero-order chi connectivity index (χ0) is 17.3. The van der Waals surface area contributed by atoms with Gasteiger partial charge in [0.2, 0.25) is 5.89 Å². The molecule has 0 saturated carbocycles. The molecule has 3 rings (SSSR count). The number of nitro benzene ring substituents is 1. The highest BCUT2D eigenvalue weighted by Gasteiger charge is 2.11. The van der Waals surface area contributed by atoms with Crippen LogP contribution in [-0.2, 0) is 0 Å². The normalized spacial score (nSPS) is 11.2. The average molecular weight is 347 g/mol. The van der Waals surface area contributed by atoms with E-state index in [9.17, 15) is 15.2 Å². The summed E-state index contributed by atoms with van der Waals surface area (Å²) in [4.78, 5) is 14.5. The quantitative estimate of drug-likeness (QED) is 0.559. The highest BCUT2D eigenvalue weighted by Crippen LogP contribution is 2.35. The molecule has 1 heterocycles. The van der Waals surface area contributed by atoms with Crippen LogP contribution in [0.2, 0.25) is 5.02 Å². The van der Waals surface area contributed by atoms with Gasteiger partial charge in [-0.2, -0.15) is 0 Å². The Hall–Kier alpha value is -3.06. The fourth-order valence-electron chi connectivity index (χ4n) is 2.13. The molecule has 122 valence electrons. The molecule has 0 aliphatic rings. The number of phenols is 1. The smallest absolute Gasteiger partial charge is 0.271 e. The van der Waals surface area contributed by atoms with Gasteiger partial charge >= 0.3 is 0 Å². The number of aromatic hydroxyl groups is 1. The third kappa shape index (κ3) is 3.02. The molecule has 0 unspecified atom stereocenters. The molecule has 24 heavy (non-hydrogen) atoms. The van der Waals surface area contributed by atoms with Gasteiger partial charge in [0, 0.05) is 18.2 Å². The lowest BCUT2D eigenvalue weighted by atomic mass is 10.2. The van der Waals surface area contributed by atoms with Crippen molar-refractivity contribution in [1.29, 1.82) is 0 Å². The standard InChI is InChI=1S/C16H11ClN2O5/c1-23-14-7-9(6-11(17)16(14)20)2-5-15-18-12-8-10(19(21)22)3-4-13(12)24-15/h2-8,20H,1H3. The molecule has 0 saturated heterocycles. The number of hydrogen-bond acceptors (Lipinski definition) is 6. The van der Waals surface area contributed by atoms with Crippen molar-refractivity contribution in [2.24, 2.45) is 0 Å². The Morgan fingerprint density at radius 1 is 1.33 bits per heavy atom. The first-order valence-electron chi connectivity index (χ1n) is 6.77. The summed E-state index contributed by atoms with van der Waals surface area (Å²) >= 11 is 5.92. The van der Waals surface area contributed by atoms with Crippen LogP contribution < -0.4 is 4.74 Å². The number of benzene rings is 2. The van der Waals surface area contributed by atoms with Crippen molar-refractivity contribution in [1.82, 2.24) is 4.98 Å². The van der Waals surface area contributed by atoms with E-state index in [-0.39, 0.29) is 28.1 Å². The molecular weight excluding hydrogens is 336 g/mol. The van der Waals surface area contributed by atoms with E-state index in [4.69, 9.17) is 20.8 Å². The number of phenolic OH excluding ortho intramolecular Hbond substituents is 1. The van der Waals surface area contributed by atoms with Gasteiger partial charge in [-0.1, -0.05) is 11.6 Å². The lowest BCUT2D eigenvalue weighted by Gasteiger charge is -2.05. The molecule has 8 heteroatoms. The van der Waals surface area contributed by atoms with E-state index in [1.807, 2.05) is 0 Å². The number of rotatable bonds is 4. The number of aromatic nitrogens is 1. The van der Waals surface area contributed by atoms with Crippen LogP contribution in [0.1, 0.15) is 11.5 Å².